The third-order valence-corrected chi connectivity index (χ3v) is 7.82. The van der Waals surface area contributed by atoms with Crippen LogP contribution < -0.4 is 10.6 Å². The first-order valence-electron chi connectivity index (χ1n) is 7.16. The van der Waals surface area contributed by atoms with Crippen molar-refractivity contribution in [1.82, 2.24) is 0 Å². The molecule has 0 aliphatic rings. The molecule has 0 N–H and O–H groups in total. The van der Waals surface area contributed by atoms with Crippen molar-refractivity contribution in [2.45, 2.75) is 13.8 Å². The van der Waals surface area contributed by atoms with Gasteiger partial charge in [-0.1, -0.05) is 102 Å². The van der Waals surface area contributed by atoms with Gasteiger partial charge in [0.15, 0.2) is 0 Å². The molecule has 2 aromatic carbocycles. The summed E-state index contributed by atoms with van der Waals surface area (Å²) in [4.78, 5) is 0. The molecule has 0 nitrogen and oxygen atoms in total. The van der Waals surface area contributed by atoms with Crippen molar-refractivity contribution >= 4 is 26.5 Å². The molecule has 104 valence electrons. The van der Waals surface area contributed by atoms with E-state index in [1.807, 2.05) is 0 Å². The van der Waals surface area contributed by atoms with Gasteiger partial charge in [0.1, 0.15) is 0 Å². The Morgan fingerprint density at radius 3 is 1.30 bits per heavy atom. The third-order valence-electron chi connectivity index (χ3n) is 3.28. The van der Waals surface area contributed by atoms with Crippen LogP contribution in [0.5, 0.6) is 0 Å². The van der Waals surface area contributed by atoms with Gasteiger partial charge in [0.05, 0.1) is 0 Å². The minimum atomic E-state index is -0.146. The van der Waals surface area contributed by atoms with Gasteiger partial charge in [0.25, 0.3) is 0 Å². The zero-order valence-electron chi connectivity index (χ0n) is 12.2. The van der Waals surface area contributed by atoms with E-state index in [1.165, 1.54) is 22.9 Å². The second kappa shape index (κ2) is 8.35. The highest BCUT2D eigenvalue weighted by molar-refractivity contribution is 7.72. The van der Waals surface area contributed by atoms with Crippen LogP contribution in [0.3, 0.4) is 0 Å². The van der Waals surface area contributed by atoms with Crippen molar-refractivity contribution in [3.8, 4) is 0 Å². The first-order valence-corrected chi connectivity index (χ1v) is 10.4. The maximum absolute atomic E-state index is 2.48. The van der Waals surface area contributed by atoms with E-state index in [-0.39, 0.29) is 15.8 Å². The van der Waals surface area contributed by atoms with Gasteiger partial charge >= 0.3 is 0 Å². The summed E-state index contributed by atoms with van der Waals surface area (Å²) in [6.45, 7) is 4.58. The minimum Gasteiger partial charge on any atom is -0.0622 e. The highest BCUT2D eigenvalue weighted by Gasteiger charge is 2.07. The van der Waals surface area contributed by atoms with E-state index in [1.54, 1.807) is 0 Å². The van der Waals surface area contributed by atoms with Gasteiger partial charge in [-0.3, -0.25) is 0 Å². The van der Waals surface area contributed by atoms with Crippen molar-refractivity contribution in [1.29, 1.82) is 0 Å². The smallest absolute Gasteiger partial charge is 0.0201 e. The molecule has 0 aliphatic carbocycles. The summed E-state index contributed by atoms with van der Waals surface area (Å²) in [7, 11) is -0.293. The van der Waals surface area contributed by atoms with Crippen LogP contribution in [0.4, 0.5) is 0 Å². The van der Waals surface area contributed by atoms with Crippen LogP contribution in [0.2, 0.25) is 0 Å². The zero-order chi connectivity index (χ0) is 14.2. The summed E-state index contributed by atoms with van der Waals surface area (Å²) in [5.41, 5.74) is 0. The fourth-order valence-corrected chi connectivity index (χ4v) is 6.04. The number of benzene rings is 2. The summed E-state index contributed by atoms with van der Waals surface area (Å²) in [6.07, 6.45) is 2.44. The van der Waals surface area contributed by atoms with Crippen LogP contribution in [-0.4, -0.2) is 12.3 Å². The molecule has 0 aliphatic heterocycles. The molecule has 0 fully saturated rings. The Morgan fingerprint density at radius 2 is 1.00 bits per heavy atom. The molecule has 2 rings (SSSR count). The van der Waals surface area contributed by atoms with Crippen LogP contribution in [0.1, 0.15) is 13.8 Å². The second-order valence-corrected chi connectivity index (χ2v) is 9.31. The Hall–Kier alpha value is -0.960. The molecule has 20 heavy (non-hydrogen) atoms. The fourth-order valence-electron chi connectivity index (χ4n) is 2.15. The topological polar surface area (TPSA) is 0 Å². The Kier molecular flexibility index (Phi) is 6.44. The molecule has 2 heteroatoms. The van der Waals surface area contributed by atoms with E-state index in [2.05, 4.69) is 86.1 Å². The summed E-state index contributed by atoms with van der Waals surface area (Å²) < 4.78 is 0. The molecular formula is C18H22P2. The van der Waals surface area contributed by atoms with Gasteiger partial charge in [-0.25, -0.2) is 0 Å². The molecule has 0 radical (unpaired) electrons. The molecular weight excluding hydrogens is 278 g/mol. The number of rotatable bonds is 6. The number of hydrogen-bond donors (Lipinski definition) is 0. The quantitative estimate of drug-likeness (QED) is 0.650. The molecule has 0 spiro atoms. The molecule has 0 aromatic heterocycles. The fraction of sp³-hybridized carbons (Fsp3) is 0.222. The lowest BCUT2D eigenvalue weighted by Gasteiger charge is -2.15. The van der Waals surface area contributed by atoms with E-state index < -0.39 is 0 Å². The lowest BCUT2D eigenvalue weighted by molar-refractivity contribution is 1.50. The molecule has 2 atom stereocenters. The van der Waals surface area contributed by atoms with Gasteiger partial charge in [-0.05, 0) is 22.9 Å². The van der Waals surface area contributed by atoms with Crippen LogP contribution in [0.15, 0.2) is 72.3 Å². The first kappa shape index (κ1) is 15.4. The predicted molar refractivity (Wildman–Crippen MR) is 96.2 cm³/mol. The monoisotopic (exact) mass is 300 g/mol. The van der Waals surface area contributed by atoms with Crippen molar-refractivity contribution in [3.63, 3.8) is 0 Å². The average molecular weight is 300 g/mol. The van der Waals surface area contributed by atoms with Crippen LogP contribution in [0, 0.1) is 0 Å². The van der Waals surface area contributed by atoms with Crippen LogP contribution >= 0.6 is 15.8 Å². The standard InChI is InChI=1S/C18H22P2/c1-3-19(17-11-7-5-8-12-17)15-16-20(4-2)18-13-9-6-10-14-18/h5-16H,3-4H2,1-2H3/b16-15+. The molecule has 2 unspecified atom stereocenters. The average Bonchev–Trinajstić information content (AvgIpc) is 2.53. The summed E-state index contributed by atoms with van der Waals surface area (Å²) >= 11 is 0. The minimum absolute atomic E-state index is 0.146. The van der Waals surface area contributed by atoms with Gasteiger partial charge in [-0.2, -0.15) is 0 Å². The molecule has 0 bridgehead atoms. The second-order valence-electron chi connectivity index (χ2n) is 4.54. The molecule has 0 heterocycles. The van der Waals surface area contributed by atoms with E-state index in [0.29, 0.717) is 0 Å². The Labute approximate surface area is 125 Å². The summed E-state index contributed by atoms with van der Waals surface area (Å²) in [5.74, 6) is 4.96. The highest BCUT2D eigenvalue weighted by Crippen LogP contribution is 2.42. The number of hydrogen-bond acceptors (Lipinski definition) is 0. The molecule has 2 aromatic rings. The maximum Gasteiger partial charge on any atom is -0.0201 e. The van der Waals surface area contributed by atoms with Crippen molar-refractivity contribution < 1.29 is 0 Å². The van der Waals surface area contributed by atoms with Crippen LogP contribution in [0.25, 0.3) is 0 Å². The highest BCUT2D eigenvalue weighted by atomic mass is 31.1. The maximum atomic E-state index is 2.48. The van der Waals surface area contributed by atoms with Gasteiger partial charge in [0.2, 0.25) is 0 Å². The van der Waals surface area contributed by atoms with Crippen molar-refractivity contribution in [3.05, 3.63) is 72.3 Å². The van der Waals surface area contributed by atoms with Gasteiger partial charge in [-0.15, -0.1) is 0 Å². The largest absolute Gasteiger partial charge is 0.0622 e. The Morgan fingerprint density at radius 1 is 0.650 bits per heavy atom. The Bertz CT molecular complexity index is 470. The first-order chi connectivity index (χ1) is 9.85. The molecule has 0 saturated carbocycles. The third kappa shape index (κ3) is 4.27. The van der Waals surface area contributed by atoms with E-state index in [4.69, 9.17) is 0 Å². The SMILES string of the molecule is CCP(/C=C/P(CC)c1ccccc1)c1ccccc1. The van der Waals surface area contributed by atoms with E-state index >= 15 is 0 Å². The molecule has 0 saturated heterocycles. The lowest BCUT2D eigenvalue weighted by Crippen LogP contribution is -2.01. The van der Waals surface area contributed by atoms with Crippen molar-refractivity contribution in [2.24, 2.45) is 0 Å². The Balaban J connectivity index is 2.13. The van der Waals surface area contributed by atoms with E-state index in [9.17, 15) is 0 Å². The summed E-state index contributed by atoms with van der Waals surface area (Å²) in [5, 5.41) is 2.97. The van der Waals surface area contributed by atoms with Crippen LogP contribution in [-0.2, 0) is 0 Å². The predicted octanol–water partition coefficient (Wildman–Crippen LogP) is 5.11. The molecule has 0 amide bonds. The van der Waals surface area contributed by atoms with Gasteiger partial charge < -0.3 is 0 Å². The lowest BCUT2D eigenvalue weighted by atomic mass is 10.4. The van der Waals surface area contributed by atoms with Crippen molar-refractivity contribution in [2.75, 3.05) is 12.3 Å². The summed E-state index contributed by atoms with van der Waals surface area (Å²) in [6, 6.07) is 21.8. The van der Waals surface area contributed by atoms with Gasteiger partial charge in [0, 0.05) is 0 Å². The normalized spacial score (nSPS) is 14.3. The van der Waals surface area contributed by atoms with E-state index in [0.717, 1.165) is 0 Å². The zero-order valence-corrected chi connectivity index (χ0v) is 14.0.